The zero-order chi connectivity index (χ0) is 11.5. The average molecular weight is 279 g/mol. The fourth-order valence-electron chi connectivity index (χ4n) is 1.91. The van der Waals surface area contributed by atoms with Gasteiger partial charge in [0, 0.05) is 0 Å². The molecule has 1 aliphatic heterocycles. The zero-order valence-electron chi connectivity index (χ0n) is 9.66. The predicted octanol–water partition coefficient (Wildman–Crippen LogP) is 1.55. The van der Waals surface area contributed by atoms with E-state index < -0.39 is 15.3 Å². The SMILES string of the molecule is C=C(C)[C@H]1CC[C@@](C)(C(COC)[Se]O)O1. The number of rotatable bonds is 5. The molecule has 3 atom stereocenters. The molecule has 1 heterocycles. The molecular formula is C11H20O3Se. The van der Waals surface area contributed by atoms with Crippen molar-refractivity contribution in [2.75, 3.05) is 13.7 Å². The normalized spacial score (nSPS) is 32.9. The first-order chi connectivity index (χ1) is 7.03. The van der Waals surface area contributed by atoms with E-state index in [2.05, 4.69) is 13.5 Å². The molecule has 0 spiro atoms. The van der Waals surface area contributed by atoms with Crippen LogP contribution in [0.2, 0.25) is 4.82 Å². The summed E-state index contributed by atoms with van der Waals surface area (Å²) in [6, 6.07) is 0. The number of hydrogen-bond acceptors (Lipinski definition) is 3. The zero-order valence-corrected chi connectivity index (χ0v) is 11.4. The Balaban J connectivity index is 2.63. The molecule has 0 aliphatic carbocycles. The molecule has 0 aromatic heterocycles. The fourth-order valence-corrected chi connectivity index (χ4v) is 3.16. The van der Waals surface area contributed by atoms with Gasteiger partial charge < -0.3 is 0 Å². The molecule has 1 saturated heterocycles. The van der Waals surface area contributed by atoms with Crippen LogP contribution in [-0.4, -0.2) is 44.9 Å². The van der Waals surface area contributed by atoms with Gasteiger partial charge in [-0.1, -0.05) is 0 Å². The van der Waals surface area contributed by atoms with Crippen molar-refractivity contribution < 1.29 is 13.7 Å². The fraction of sp³-hybridized carbons (Fsp3) is 0.818. The van der Waals surface area contributed by atoms with Gasteiger partial charge in [-0.15, -0.1) is 0 Å². The molecule has 1 rings (SSSR count). The minimum absolute atomic E-state index is 0.111. The number of hydrogen-bond donors (Lipinski definition) is 1. The van der Waals surface area contributed by atoms with Gasteiger partial charge in [-0.05, 0) is 0 Å². The molecule has 0 saturated carbocycles. The molecule has 1 fully saturated rings. The van der Waals surface area contributed by atoms with Crippen LogP contribution < -0.4 is 0 Å². The summed E-state index contributed by atoms with van der Waals surface area (Å²) in [6.07, 6.45) is 2.12. The van der Waals surface area contributed by atoms with E-state index in [1.807, 2.05) is 6.92 Å². The average Bonchev–Trinajstić information content (AvgIpc) is 2.58. The third-order valence-corrected chi connectivity index (χ3v) is 4.86. The van der Waals surface area contributed by atoms with E-state index in [-0.39, 0.29) is 16.5 Å². The second-order valence-corrected chi connectivity index (χ2v) is 5.99. The molecule has 0 radical (unpaired) electrons. The van der Waals surface area contributed by atoms with Gasteiger partial charge in [-0.3, -0.25) is 0 Å². The molecule has 0 aromatic rings. The van der Waals surface area contributed by atoms with Crippen LogP contribution in [0.25, 0.3) is 0 Å². The first-order valence-electron chi connectivity index (χ1n) is 5.16. The molecule has 1 N–H and O–H groups in total. The molecule has 15 heavy (non-hydrogen) atoms. The van der Waals surface area contributed by atoms with Crippen molar-refractivity contribution in [3.63, 3.8) is 0 Å². The summed E-state index contributed by atoms with van der Waals surface area (Å²) < 4.78 is 20.5. The third-order valence-electron chi connectivity index (χ3n) is 2.99. The van der Waals surface area contributed by atoms with Gasteiger partial charge in [0.05, 0.1) is 0 Å². The van der Waals surface area contributed by atoms with Gasteiger partial charge in [0.2, 0.25) is 0 Å². The van der Waals surface area contributed by atoms with E-state index in [9.17, 15) is 4.19 Å². The topological polar surface area (TPSA) is 38.7 Å². The van der Waals surface area contributed by atoms with Crippen LogP contribution in [-0.2, 0) is 9.47 Å². The van der Waals surface area contributed by atoms with Crippen molar-refractivity contribution in [1.29, 1.82) is 0 Å². The van der Waals surface area contributed by atoms with E-state index in [1.54, 1.807) is 7.11 Å². The summed E-state index contributed by atoms with van der Waals surface area (Å²) in [4.78, 5) is 0.111. The first-order valence-corrected chi connectivity index (χ1v) is 6.91. The Labute approximate surface area is 98.3 Å². The Morgan fingerprint density at radius 3 is 2.87 bits per heavy atom. The van der Waals surface area contributed by atoms with Crippen LogP contribution >= 0.6 is 0 Å². The van der Waals surface area contributed by atoms with Gasteiger partial charge in [-0.25, -0.2) is 0 Å². The van der Waals surface area contributed by atoms with E-state index in [0.29, 0.717) is 6.61 Å². The van der Waals surface area contributed by atoms with Crippen molar-refractivity contribution in [2.45, 2.75) is 43.2 Å². The molecule has 0 amide bonds. The summed E-state index contributed by atoms with van der Waals surface area (Å²) in [5.41, 5.74) is 0.828. The van der Waals surface area contributed by atoms with Crippen LogP contribution in [0.4, 0.5) is 0 Å². The Morgan fingerprint density at radius 1 is 1.80 bits per heavy atom. The summed E-state index contributed by atoms with van der Waals surface area (Å²) >= 11 is -0.436. The monoisotopic (exact) mass is 280 g/mol. The Morgan fingerprint density at radius 2 is 2.47 bits per heavy atom. The summed E-state index contributed by atoms with van der Waals surface area (Å²) in [5.74, 6) is 0. The molecule has 1 unspecified atom stereocenters. The summed E-state index contributed by atoms with van der Waals surface area (Å²) in [5, 5.41) is 0. The van der Waals surface area contributed by atoms with E-state index >= 15 is 0 Å². The molecule has 3 nitrogen and oxygen atoms in total. The van der Waals surface area contributed by atoms with E-state index in [0.717, 1.165) is 18.4 Å². The van der Waals surface area contributed by atoms with Crippen molar-refractivity contribution in [3.05, 3.63) is 12.2 Å². The quantitative estimate of drug-likeness (QED) is 0.613. The summed E-state index contributed by atoms with van der Waals surface area (Å²) in [6.45, 7) is 8.54. The second kappa shape index (κ2) is 5.46. The van der Waals surface area contributed by atoms with Gasteiger partial charge in [0.25, 0.3) is 0 Å². The molecular weight excluding hydrogens is 259 g/mol. The van der Waals surface area contributed by atoms with Crippen molar-refractivity contribution in [1.82, 2.24) is 0 Å². The Kier molecular flexibility index (Phi) is 4.81. The molecule has 0 aromatic carbocycles. The minimum atomic E-state index is -0.436. The maximum absolute atomic E-state index is 9.39. The van der Waals surface area contributed by atoms with Gasteiger partial charge >= 0.3 is 98.0 Å². The molecule has 88 valence electrons. The van der Waals surface area contributed by atoms with Crippen molar-refractivity contribution in [2.24, 2.45) is 0 Å². The third kappa shape index (κ3) is 3.05. The van der Waals surface area contributed by atoms with E-state index in [4.69, 9.17) is 9.47 Å². The Bertz CT molecular complexity index is 232. The summed E-state index contributed by atoms with van der Waals surface area (Å²) in [7, 11) is 1.66. The van der Waals surface area contributed by atoms with Gasteiger partial charge in [0.1, 0.15) is 0 Å². The van der Waals surface area contributed by atoms with Crippen LogP contribution in [0, 0.1) is 0 Å². The van der Waals surface area contributed by atoms with Gasteiger partial charge in [0.15, 0.2) is 0 Å². The van der Waals surface area contributed by atoms with Crippen LogP contribution in [0.1, 0.15) is 26.7 Å². The van der Waals surface area contributed by atoms with Crippen LogP contribution in [0.15, 0.2) is 12.2 Å². The van der Waals surface area contributed by atoms with Crippen molar-refractivity contribution in [3.8, 4) is 0 Å². The van der Waals surface area contributed by atoms with Crippen LogP contribution in [0.3, 0.4) is 0 Å². The first kappa shape index (κ1) is 13.2. The molecule has 0 bridgehead atoms. The maximum atomic E-state index is 9.39. The number of methoxy groups -OCH3 is 1. The number of ether oxygens (including phenoxy) is 2. The predicted molar refractivity (Wildman–Crippen MR) is 60.9 cm³/mol. The molecule has 1 aliphatic rings. The van der Waals surface area contributed by atoms with Crippen LogP contribution in [0.5, 0.6) is 0 Å². The van der Waals surface area contributed by atoms with Crippen molar-refractivity contribution >= 4 is 15.3 Å². The molecule has 4 heteroatoms. The Hall–Kier alpha value is 0.139. The standard InChI is InChI=1S/C11H20O3Se/c1-8(2)9-5-6-11(3,14-9)10(15-12)7-13-4/h9-10,12H,1,5-7H2,2-4H3/t9-,10?,11+/m1/s1. The van der Waals surface area contributed by atoms with E-state index in [1.165, 1.54) is 0 Å². The second-order valence-electron chi connectivity index (χ2n) is 4.35. The van der Waals surface area contributed by atoms with Gasteiger partial charge in [-0.2, -0.15) is 0 Å².